The number of aromatic nitrogens is 4. The molecule has 2 aromatic rings. The molecule has 0 amide bonds. The Balaban J connectivity index is 1.46. The third kappa shape index (κ3) is 3.26. The van der Waals surface area contributed by atoms with Crippen molar-refractivity contribution in [2.24, 2.45) is 0 Å². The predicted octanol–water partition coefficient (Wildman–Crippen LogP) is 2.52. The summed E-state index contributed by atoms with van der Waals surface area (Å²) in [6.45, 7) is 3.01. The molecule has 0 radical (unpaired) electrons. The van der Waals surface area contributed by atoms with Crippen molar-refractivity contribution < 1.29 is 0 Å². The van der Waals surface area contributed by atoms with E-state index in [9.17, 15) is 0 Å². The van der Waals surface area contributed by atoms with Crippen LogP contribution in [-0.4, -0.2) is 32.5 Å². The third-order valence-corrected chi connectivity index (χ3v) is 3.97. The molecule has 1 saturated carbocycles. The first-order valence-corrected chi connectivity index (χ1v) is 7.53. The van der Waals surface area contributed by atoms with Crippen LogP contribution in [0.1, 0.15) is 24.4 Å². The van der Waals surface area contributed by atoms with Gasteiger partial charge in [0.1, 0.15) is 0 Å². The number of aryl methyl sites for hydroxylation is 1. The quantitative estimate of drug-likeness (QED) is 0.648. The second kappa shape index (κ2) is 5.61. The number of benzene rings is 1. The molecular formula is C13H17N5S. The fourth-order valence-corrected chi connectivity index (χ4v) is 2.72. The van der Waals surface area contributed by atoms with Crippen LogP contribution in [0.15, 0.2) is 29.4 Å². The summed E-state index contributed by atoms with van der Waals surface area (Å²) in [4.78, 5) is 0. The largest absolute Gasteiger partial charge is 0.384 e. The maximum atomic E-state index is 4.07. The molecule has 1 aliphatic rings. The zero-order valence-corrected chi connectivity index (χ0v) is 11.7. The minimum absolute atomic E-state index is 0.544. The smallest absolute Gasteiger partial charge is 0.209 e. The molecule has 100 valence electrons. The van der Waals surface area contributed by atoms with Crippen LogP contribution in [-0.2, 0) is 0 Å². The number of nitrogens with zero attached hydrogens (tertiary/aromatic N) is 4. The van der Waals surface area contributed by atoms with Crippen molar-refractivity contribution in [2.45, 2.75) is 31.0 Å². The van der Waals surface area contributed by atoms with E-state index in [-0.39, 0.29) is 0 Å². The van der Waals surface area contributed by atoms with Gasteiger partial charge in [0.15, 0.2) is 0 Å². The Hall–Kier alpha value is -1.56. The second-order valence-corrected chi connectivity index (χ2v) is 5.84. The highest BCUT2D eigenvalue weighted by atomic mass is 32.2. The minimum atomic E-state index is 0.544. The zero-order chi connectivity index (χ0) is 13.1. The van der Waals surface area contributed by atoms with Gasteiger partial charge >= 0.3 is 0 Å². The first-order valence-electron chi connectivity index (χ1n) is 6.54. The lowest BCUT2D eigenvalue weighted by molar-refractivity contribution is 0.565. The molecule has 1 fully saturated rings. The SMILES string of the molecule is Cc1cccc(NCCSc2nnnn2C2CC2)c1. The second-order valence-electron chi connectivity index (χ2n) is 4.78. The number of anilines is 1. The lowest BCUT2D eigenvalue weighted by atomic mass is 10.2. The number of hydrogen-bond donors (Lipinski definition) is 1. The summed E-state index contributed by atoms with van der Waals surface area (Å²) in [5.41, 5.74) is 2.44. The van der Waals surface area contributed by atoms with E-state index < -0.39 is 0 Å². The van der Waals surface area contributed by atoms with Gasteiger partial charge in [-0.25, -0.2) is 4.68 Å². The summed E-state index contributed by atoms with van der Waals surface area (Å²) in [5.74, 6) is 0.959. The normalized spacial score (nSPS) is 14.6. The van der Waals surface area contributed by atoms with Gasteiger partial charge in [0.25, 0.3) is 0 Å². The van der Waals surface area contributed by atoms with Crippen molar-refractivity contribution in [1.82, 2.24) is 20.2 Å². The lowest BCUT2D eigenvalue weighted by Gasteiger charge is -2.06. The highest BCUT2D eigenvalue weighted by molar-refractivity contribution is 7.99. The van der Waals surface area contributed by atoms with E-state index in [1.807, 2.05) is 4.68 Å². The average Bonchev–Trinajstić information content (AvgIpc) is 3.14. The standard InChI is InChI=1S/C13H17N5S/c1-10-3-2-4-11(9-10)14-7-8-19-13-15-16-17-18(13)12-5-6-12/h2-4,9,12,14H,5-8H2,1H3. The Bertz CT molecular complexity index is 549. The van der Waals surface area contributed by atoms with Crippen LogP contribution in [0.3, 0.4) is 0 Å². The predicted molar refractivity (Wildman–Crippen MR) is 76.5 cm³/mol. The number of thioether (sulfide) groups is 1. The minimum Gasteiger partial charge on any atom is -0.384 e. The summed E-state index contributed by atoms with van der Waals surface area (Å²) >= 11 is 1.71. The van der Waals surface area contributed by atoms with E-state index in [0.717, 1.165) is 17.5 Å². The van der Waals surface area contributed by atoms with Crippen molar-refractivity contribution in [1.29, 1.82) is 0 Å². The Labute approximate surface area is 116 Å². The maximum absolute atomic E-state index is 4.07. The van der Waals surface area contributed by atoms with Crippen molar-refractivity contribution >= 4 is 17.4 Å². The summed E-state index contributed by atoms with van der Waals surface area (Å²) in [6.07, 6.45) is 2.42. The average molecular weight is 275 g/mol. The van der Waals surface area contributed by atoms with Gasteiger partial charge in [-0.15, -0.1) is 5.10 Å². The van der Waals surface area contributed by atoms with Crippen molar-refractivity contribution in [3.63, 3.8) is 0 Å². The van der Waals surface area contributed by atoms with Gasteiger partial charge < -0.3 is 5.32 Å². The molecule has 19 heavy (non-hydrogen) atoms. The lowest BCUT2D eigenvalue weighted by Crippen LogP contribution is -2.06. The molecule has 0 atom stereocenters. The van der Waals surface area contributed by atoms with E-state index in [2.05, 4.69) is 52.0 Å². The summed E-state index contributed by atoms with van der Waals surface area (Å²) in [6, 6.07) is 8.95. The highest BCUT2D eigenvalue weighted by Gasteiger charge is 2.27. The molecule has 6 heteroatoms. The molecule has 0 saturated heterocycles. The van der Waals surface area contributed by atoms with Crippen LogP contribution < -0.4 is 5.32 Å². The number of rotatable bonds is 6. The van der Waals surface area contributed by atoms with Gasteiger partial charge in [-0.05, 0) is 47.9 Å². The highest BCUT2D eigenvalue weighted by Crippen LogP contribution is 2.36. The Kier molecular flexibility index (Phi) is 3.68. The zero-order valence-electron chi connectivity index (χ0n) is 10.9. The Morgan fingerprint density at radius 3 is 3.11 bits per heavy atom. The molecule has 1 aromatic heterocycles. The number of nitrogens with one attached hydrogen (secondary N) is 1. The molecule has 1 heterocycles. The van der Waals surface area contributed by atoms with Crippen LogP contribution >= 0.6 is 11.8 Å². The van der Waals surface area contributed by atoms with Crippen LogP contribution in [0.5, 0.6) is 0 Å². The van der Waals surface area contributed by atoms with Gasteiger partial charge in [0.2, 0.25) is 5.16 Å². The van der Waals surface area contributed by atoms with E-state index in [4.69, 9.17) is 0 Å². The van der Waals surface area contributed by atoms with E-state index in [0.29, 0.717) is 6.04 Å². The fourth-order valence-electron chi connectivity index (χ4n) is 1.92. The van der Waals surface area contributed by atoms with Gasteiger partial charge in [-0.2, -0.15) is 0 Å². The molecule has 0 aliphatic heterocycles. The summed E-state index contributed by atoms with van der Waals surface area (Å²) in [7, 11) is 0. The molecule has 0 unspecified atom stereocenters. The molecule has 0 spiro atoms. The molecule has 1 N–H and O–H groups in total. The van der Waals surface area contributed by atoms with Crippen LogP contribution in [0.2, 0.25) is 0 Å². The first-order chi connectivity index (χ1) is 9.33. The first kappa shape index (κ1) is 12.5. The third-order valence-electron chi connectivity index (χ3n) is 3.04. The van der Waals surface area contributed by atoms with E-state index in [1.54, 1.807) is 11.8 Å². The van der Waals surface area contributed by atoms with Crippen molar-refractivity contribution in [3.05, 3.63) is 29.8 Å². The van der Waals surface area contributed by atoms with Gasteiger partial charge in [-0.3, -0.25) is 0 Å². The van der Waals surface area contributed by atoms with Crippen LogP contribution in [0, 0.1) is 6.92 Å². The molecule has 1 aromatic carbocycles. The summed E-state index contributed by atoms with van der Waals surface area (Å²) < 4.78 is 1.96. The monoisotopic (exact) mass is 275 g/mol. The van der Waals surface area contributed by atoms with Crippen molar-refractivity contribution in [3.8, 4) is 0 Å². The molecule has 5 nitrogen and oxygen atoms in total. The Morgan fingerprint density at radius 1 is 1.42 bits per heavy atom. The van der Waals surface area contributed by atoms with Gasteiger partial charge in [-0.1, -0.05) is 23.9 Å². The van der Waals surface area contributed by atoms with Crippen LogP contribution in [0.4, 0.5) is 5.69 Å². The summed E-state index contributed by atoms with van der Waals surface area (Å²) in [5, 5.41) is 16.2. The maximum Gasteiger partial charge on any atom is 0.209 e. The molecular weight excluding hydrogens is 258 g/mol. The number of tetrazole rings is 1. The molecule has 3 rings (SSSR count). The topological polar surface area (TPSA) is 55.6 Å². The van der Waals surface area contributed by atoms with E-state index in [1.165, 1.54) is 24.1 Å². The number of hydrogen-bond acceptors (Lipinski definition) is 5. The van der Waals surface area contributed by atoms with Gasteiger partial charge in [0, 0.05) is 18.0 Å². The Morgan fingerprint density at radius 2 is 2.32 bits per heavy atom. The molecule has 0 bridgehead atoms. The van der Waals surface area contributed by atoms with Gasteiger partial charge in [0.05, 0.1) is 6.04 Å². The fraction of sp³-hybridized carbons (Fsp3) is 0.462. The molecule has 1 aliphatic carbocycles. The van der Waals surface area contributed by atoms with Crippen molar-refractivity contribution in [2.75, 3.05) is 17.6 Å². The van der Waals surface area contributed by atoms with Crippen LogP contribution in [0.25, 0.3) is 0 Å². The van der Waals surface area contributed by atoms with E-state index >= 15 is 0 Å².